The maximum Gasteiger partial charge on any atom is 0.269 e. The van der Waals surface area contributed by atoms with Crippen molar-refractivity contribution in [3.8, 4) is 11.8 Å². The van der Waals surface area contributed by atoms with E-state index in [0.29, 0.717) is 16.7 Å². The summed E-state index contributed by atoms with van der Waals surface area (Å²) in [5.41, 5.74) is 7.24. The number of nitriles is 1. The Morgan fingerprint density at radius 1 is 1.17 bits per heavy atom. The molecule has 0 radical (unpaired) electrons. The Balaban J connectivity index is 2.42. The van der Waals surface area contributed by atoms with Gasteiger partial charge in [0.15, 0.2) is 5.69 Å². The molecule has 0 saturated heterocycles. The molecule has 0 amide bonds. The first-order valence-corrected chi connectivity index (χ1v) is 8.55. The molecule has 1 heterocycles. The molecule has 24 heavy (non-hydrogen) atoms. The van der Waals surface area contributed by atoms with Crippen LogP contribution < -0.4 is 10.5 Å². The van der Waals surface area contributed by atoms with Crippen molar-refractivity contribution in [1.82, 2.24) is 3.97 Å². The second-order valence-electron chi connectivity index (χ2n) is 5.31. The first-order chi connectivity index (χ1) is 11.4. The van der Waals surface area contributed by atoms with Crippen molar-refractivity contribution in [2.45, 2.75) is 11.8 Å². The van der Waals surface area contributed by atoms with Crippen molar-refractivity contribution < 1.29 is 13.2 Å². The van der Waals surface area contributed by atoms with Crippen molar-refractivity contribution >= 4 is 26.6 Å². The number of nitrogen functional groups attached to an aromatic ring is 1. The van der Waals surface area contributed by atoms with Gasteiger partial charge in [-0.05, 0) is 31.2 Å². The molecule has 1 aromatic heterocycles. The lowest BCUT2D eigenvalue weighted by Crippen LogP contribution is -2.15. The van der Waals surface area contributed by atoms with Crippen LogP contribution in [-0.2, 0) is 10.0 Å². The van der Waals surface area contributed by atoms with Crippen molar-refractivity contribution in [3.05, 3.63) is 53.7 Å². The summed E-state index contributed by atoms with van der Waals surface area (Å²) < 4.78 is 32.4. The largest absolute Gasteiger partial charge is 0.496 e. The Kier molecular flexibility index (Phi) is 3.70. The molecule has 0 aliphatic carbocycles. The lowest BCUT2D eigenvalue weighted by atomic mass is 10.2. The van der Waals surface area contributed by atoms with Gasteiger partial charge in [0, 0.05) is 0 Å². The van der Waals surface area contributed by atoms with Gasteiger partial charge in [-0.1, -0.05) is 23.8 Å². The maximum atomic E-state index is 13.1. The molecule has 0 bridgehead atoms. The summed E-state index contributed by atoms with van der Waals surface area (Å²) in [5.74, 6) is 0.416. The van der Waals surface area contributed by atoms with Crippen LogP contribution in [0.4, 0.5) is 5.69 Å². The lowest BCUT2D eigenvalue weighted by molar-refractivity contribution is 0.420. The molecule has 0 spiro atoms. The van der Waals surface area contributed by atoms with Gasteiger partial charge in [-0.15, -0.1) is 0 Å². The zero-order valence-corrected chi connectivity index (χ0v) is 14.0. The predicted octanol–water partition coefficient (Wildman–Crippen LogP) is 2.65. The zero-order valence-electron chi connectivity index (χ0n) is 13.1. The van der Waals surface area contributed by atoms with Crippen molar-refractivity contribution in [2.24, 2.45) is 0 Å². The molecule has 2 N–H and O–H groups in total. The number of nitrogens with two attached hydrogens (primary N) is 1. The van der Waals surface area contributed by atoms with E-state index < -0.39 is 10.0 Å². The van der Waals surface area contributed by atoms with Gasteiger partial charge in [-0.3, -0.25) is 0 Å². The second kappa shape index (κ2) is 5.58. The highest BCUT2D eigenvalue weighted by molar-refractivity contribution is 7.90. The normalized spacial score (nSPS) is 11.4. The van der Waals surface area contributed by atoms with Gasteiger partial charge in [0.1, 0.15) is 11.8 Å². The smallest absolute Gasteiger partial charge is 0.269 e. The Bertz CT molecular complexity index is 1070. The SMILES string of the molecule is COc1cccc2c1c(N)c(C#N)n2S(=O)(=O)c1ccc(C)cc1. The molecule has 0 aliphatic rings. The van der Waals surface area contributed by atoms with Gasteiger partial charge in [0.05, 0.1) is 28.6 Å². The molecule has 0 saturated carbocycles. The van der Waals surface area contributed by atoms with E-state index in [2.05, 4.69) is 0 Å². The minimum atomic E-state index is -3.97. The fourth-order valence-corrected chi connectivity index (χ4v) is 4.13. The molecular formula is C17H15N3O3S. The van der Waals surface area contributed by atoms with Crippen LogP contribution in [0.15, 0.2) is 47.4 Å². The number of aromatic nitrogens is 1. The average Bonchev–Trinajstić information content (AvgIpc) is 2.88. The summed E-state index contributed by atoms with van der Waals surface area (Å²) in [4.78, 5) is 0.0873. The highest BCUT2D eigenvalue weighted by Crippen LogP contribution is 2.37. The molecule has 3 aromatic rings. The number of anilines is 1. The van der Waals surface area contributed by atoms with E-state index in [-0.39, 0.29) is 16.3 Å². The maximum absolute atomic E-state index is 13.1. The lowest BCUT2D eigenvalue weighted by Gasteiger charge is -2.09. The third-order valence-corrected chi connectivity index (χ3v) is 5.56. The van der Waals surface area contributed by atoms with Crippen LogP contribution in [0, 0.1) is 18.3 Å². The van der Waals surface area contributed by atoms with E-state index in [0.717, 1.165) is 9.54 Å². The second-order valence-corrected chi connectivity index (χ2v) is 7.10. The van der Waals surface area contributed by atoms with Gasteiger partial charge >= 0.3 is 0 Å². The first kappa shape index (κ1) is 15.9. The van der Waals surface area contributed by atoms with Crippen LogP contribution >= 0.6 is 0 Å². The van der Waals surface area contributed by atoms with Crippen LogP contribution in [0.1, 0.15) is 11.3 Å². The Hall–Kier alpha value is -2.98. The summed E-state index contributed by atoms with van der Waals surface area (Å²) in [6, 6.07) is 13.2. The summed E-state index contributed by atoms with van der Waals surface area (Å²) >= 11 is 0. The molecule has 0 unspecified atom stereocenters. The number of hydrogen-bond acceptors (Lipinski definition) is 5. The number of methoxy groups -OCH3 is 1. The fourth-order valence-electron chi connectivity index (χ4n) is 2.65. The van der Waals surface area contributed by atoms with Gasteiger partial charge in [-0.2, -0.15) is 5.26 Å². The molecule has 2 aromatic carbocycles. The third-order valence-electron chi connectivity index (χ3n) is 3.84. The van der Waals surface area contributed by atoms with Crippen LogP contribution in [-0.4, -0.2) is 19.5 Å². The van der Waals surface area contributed by atoms with Crippen molar-refractivity contribution in [2.75, 3.05) is 12.8 Å². The molecule has 0 atom stereocenters. The summed E-state index contributed by atoms with van der Waals surface area (Å²) in [6.45, 7) is 1.87. The molecule has 0 aliphatic heterocycles. The standard InChI is InChI=1S/C17H15N3O3S/c1-11-6-8-12(9-7-11)24(21,22)20-13-4-3-5-15(23-2)16(13)17(19)14(20)10-18/h3-9H,19H2,1-2H3. The van der Waals surface area contributed by atoms with Crippen LogP contribution in [0.3, 0.4) is 0 Å². The minimum absolute atomic E-state index is 0.0839. The Labute approximate surface area is 139 Å². The van der Waals surface area contributed by atoms with E-state index in [9.17, 15) is 13.7 Å². The summed E-state index contributed by atoms with van der Waals surface area (Å²) in [5, 5.41) is 9.87. The molecule has 122 valence electrons. The average molecular weight is 341 g/mol. The van der Waals surface area contributed by atoms with E-state index >= 15 is 0 Å². The third kappa shape index (κ3) is 2.20. The number of ether oxygens (including phenoxy) is 1. The van der Waals surface area contributed by atoms with E-state index in [1.807, 2.05) is 13.0 Å². The van der Waals surface area contributed by atoms with Crippen LogP contribution in [0.5, 0.6) is 5.75 Å². The van der Waals surface area contributed by atoms with Crippen molar-refractivity contribution in [3.63, 3.8) is 0 Å². The number of rotatable bonds is 3. The van der Waals surface area contributed by atoms with Crippen molar-refractivity contribution in [1.29, 1.82) is 5.26 Å². The summed E-state index contributed by atoms with van der Waals surface area (Å²) in [7, 11) is -2.51. The molecule has 7 heteroatoms. The van der Waals surface area contributed by atoms with Gasteiger partial charge in [0.2, 0.25) is 0 Å². The molecule has 3 rings (SSSR count). The number of fused-ring (bicyclic) bond motifs is 1. The highest BCUT2D eigenvalue weighted by Gasteiger charge is 2.27. The predicted molar refractivity (Wildman–Crippen MR) is 91.4 cm³/mol. The van der Waals surface area contributed by atoms with Gasteiger partial charge in [-0.25, -0.2) is 12.4 Å². The Morgan fingerprint density at radius 3 is 2.42 bits per heavy atom. The molecule has 0 fully saturated rings. The zero-order chi connectivity index (χ0) is 17.5. The van der Waals surface area contributed by atoms with Gasteiger partial charge in [0.25, 0.3) is 10.0 Å². The minimum Gasteiger partial charge on any atom is -0.496 e. The van der Waals surface area contributed by atoms with Crippen LogP contribution in [0.25, 0.3) is 10.9 Å². The molecule has 6 nitrogen and oxygen atoms in total. The monoisotopic (exact) mass is 341 g/mol. The number of hydrogen-bond donors (Lipinski definition) is 1. The summed E-state index contributed by atoms with van der Waals surface area (Å²) in [6.07, 6.45) is 0. The number of aryl methyl sites for hydroxylation is 1. The van der Waals surface area contributed by atoms with E-state index in [1.54, 1.807) is 30.3 Å². The molecular weight excluding hydrogens is 326 g/mol. The fraction of sp³-hybridized carbons (Fsp3) is 0.118. The first-order valence-electron chi connectivity index (χ1n) is 7.11. The topological polar surface area (TPSA) is 98.1 Å². The van der Waals surface area contributed by atoms with E-state index in [4.69, 9.17) is 10.5 Å². The van der Waals surface area contributed by atoms with Crippen LogP contribution in [0.2, 0.25) is 0 Å². The number of benzene rings is 2. The van der Waals surface area contributed by atoms with E-state index in [1.165, 1.54) is 19.2 Å². The quantitative estimate of drug-likeness (QED) is 0.789. The Morgan fingerprint density at radius 2 is 1.83 bits per heavy atom. The number of nitrogens with zero attached hydrogens (tertiary/aromatic N) is 2. The highest BCUT2D eigenvalue weighted by atomic mass is 32.2. The van der Waals surface area contributed by atoms with Gasteiger partial charge < -0.3 is 10.5 Å².